The maximum atomic E-state index is 12.1. The van der Waals surface area contributed by atoms with Crippen LogP contribution >= 0.6 is 23.2 Å². The van der Waals surface area contributed by atoms with E-state index in [0.717, 1.165) is 0 Å². The van der Waals surface area contributed by atoms with E-state index in [1.807, 2.05) is 0 Å². The van der Waals surface area contributed by atoms with Crippen molar-refractivity contribution in [3.63, 3.8) is 0 Å². The molecule has 0 fully saturated rings. The van der Waals surface area contributed by atoms with Crippen molar-refractivity contribution < 1.29 is 14.3 Å². The number of methoxy groups -OCH3 is 1. The molecule has 0 saturated carbocycles. The third-order valence-electron chi connectivity index (χ3n) is 2.47. The number of carbonyl (C=O) groups excluding carboxylic acids is 2. The van der Waals surface area contributed by atoms with E-state index in [1.54, 1.807) is 19.2 Å². The number of ketones is 1. The quantitative estimate of drug-likeness (QED) is 0.668. The highest BCUT2D eigenvalue weighted by molar-refractivity contribution is 6.42. The molecule has 1 aromatic carbocycles. The number of benzene rings is 1. The molecule has 0 heterocycles. The number of esters is 1. The molecule has 98 valence electrons. The van der Waals surface area contributed by atoms with Gasteiger partial charge in [-0.1, -0.05) is 23.2 Å². The Bertz CT molecular complexity index is 463. The zero-order chi connectivity index (χ0) is 13.7. The Morgan fingerprint density at radius 3 is 2.50 bits per heavy atom. The first-order valence-electron chi connectivity index (χ1n) is 5.23. The number of hydrogen-bond acceptors (Lipinski definition) is 4. The minimum Gasteiger partial charge on any atom is -0.469 e. The number of ether oxygens (including phenoxy) is 1. The van der Waals surface area contributed by atoms with Crippen LogP contribution < -0.4 is 5.32 Å². The first kappa shape index (κ1) is 15.0. The summed E-state index contributed by atoms with van der Waals surface area (Å²) in [4.78, 5) is 23.3. The van der Waals surface area contributed by atoms with Crippen LogP contribution in [0.15, 0.2) is 18.2 Å². The van der Waals surface area contributed by atoms with Crippen molar-refractivity contribution in [2.24, 2.45) is 0 Å². The predicted molar refractivity (Wildman–Crippen MR) is 70.3 cm³/mol. The molecule has 1 rings (SSSR count). The Kier molecular flexibility index (Phi) is 5.59. The number of halogens is 2. The second kappa shape index (κ2) is 6.73. The highest BCUT2D eigenvalue weighted by atomic mass is 35.5. The molecule has 4 nitrogen and oxygen atoms in total. The van der Waals surface area contributed by atoms with Gasteiger partial charge >= 0.3 is 5.97 Å². The topological polar surface area (TPSA) is 55.4 Å². The second-order valence-electron chi connectivity index (χ2n) is 3.61. The van der Waals surface area contributed by atoms with Crippen LogP contribution in [0.3, 0.4) is 0 Å². The zero-order valence-corrected chi connectivity index (χ0v) is 11.5. The van der Waals surface area contributed by atoms with Crippen LogP contribution in [0.1, 0.15) is 16.8 Å². The van der Waals surface area contributed by atoms with Gasteiger partial charge in [0.15, 0.2) is 5.78 Å². The van der Waals surface area contributed by atoms with Gasteiger partial charge in [-0.15, -0.1) is 0 Å². The van der Waals surface area contributed by atoms with E-state index in [0.29, 0.717) is 15.6 Å². The largest absolute Gasteiger partial charge is 0.469 e. The van der Waals surface area contributed by atoms with E-state index in [4.69, 9.17) is 23.2 Å². The maximum Gasteiger partial charge on any atom is 0.307 e. The SMILES string of the molecule is CNC(CC(=O)OC)C(=O)c1ccc(Cl)c(Cl)c1. The van der Waals surface area contributed by atoms with Crippen LogP contribution in [0.5, 0.6) is 0 Å². The number of Topliss-reactive ketones (excluding diaryl/α,β-unsaturated/α-hetero) is 1. The number of likely N-dealkylation sites (N-methyl/N-ethyl adjacent to an activating group) is 1. The zero-order valence-electron chi connectivity index (χ0n) is 10.00. The van der Waals surface area contributed by atoms with Gasteiger partial charge in [-0.3, -0.25) is 9.59 Å². The number of nitrogens with one attached hydrogen (secondary N) is 1. The summed E-state index contributed by atoms with van der Waals surface area (Å²) in [7, 11) is 2.88. The van der Waals surface area contributed by atoms with Gasteiger partial charge in [-0.25, -0.2) is 0 Å². The molecule has 0 aliphatic heterocycles. The number of hydrogen-bond donors (Lipinski definition) is 1. The summed E-state index contributed by atoms with van der Waals surface area (Å²) < 4.78 is 4.53. The van der Waals surface area contributed by atoms with Crippen molar-refractivity contribution in [2.45, 2.75) is 12.5 Å². The van der Waals surface area contributed by atoms with Crippen LogP contribution in [0.2, 0.25) is 10.0 Å². The molecular weight excluding hydrogens is 277 g/mol. The smallest absolute Gasteiger partial charge is 0.307 e. The Morgan fingerprint density at radius 2 is 2.00 bits per heavy atom. The molecule has 0 saturated heterocycles. The normalized spacial score (nSPS) is 12.0. The molecule has 1 unspecified atom stereocenters. The van der Waals surface area contributed by atoms with Crippen LogP contribution in [-0.4, -0.2) is 32.0 Å². The van der Waals surface area contributed by atoms with Gasteiger partial charge in [0.1, 0.15) is 0 Å². The Hall–Kier alpha value is -1.10. The average molecular weight is 290 g/mol. The fraction of sp³-hybridized carbons (Fsp3) is 0.333. The summed E-state index contributed by atoms with van der Waals surface area (Å²) in [6, 6.07) is 3.95. The monoisotopic (exact) mass is 289 g/mol. The van der Waals surface area contributed by atoms with Crippen molar-refractivity contribution >= 4 is 35.0 Å². The molecule has 18 heavy (non-hydrogen) atoms. The lowest BCUT2D eigenvalue weighted by molar-refractivity contribution is -0.140. The first-order chi connectivity index (χ1) is 8.49. The third kappa shape index (κ3) is 3.70. The van der Waals surface area contributed by atoms with Crippen molar-refractivity contribution in [1.82, 2.24) is 5.32 Å². The Labute approximate surface area is 115 Å². The van der Waals surface area contributed by atoms with Gasteiger partial charge in [0.25, 0.3) is 0 Å². The lowest BCUT2D eigenvalue weighted by atomic mass is 10.0. The van der Waals surface area contributed by atoms with E-state index in [1.165, 1.54) is 13.2 Å². The second-order valence-corrected chi connectivity index (χ2v) is 4.43. The van der Waals surface area contributed by atoms with E-state index in [2.05, 4.69) is 10.1 Å². The standard InChI is InChI=1S/C12H13Cl2NO3/c1-15-10(6-11(16)18-2)12(17)7-3-4-8(13)9(14)5-7/h3-5,10,15H,6H2,1-2H3. The average Bonchev–Trinajstić information content (AvgIpc) is 2.38. The maximum absolute atomic E-state index is 12.1. The summed E-state index contributed by atoms with van der Waals surface area (Å²) >= 11 is 11.6. The summed E-state index contributed by atoms with van der Waals surface area (Å²) in [5.74, 6) is -0.691. The summed E-state index contributed by atoms with van der Waals surface area (Å²) in [6.07, 6.45) is -0.0356. The van der Waals surface area contributed by atoms with Crippen molar-refractivity contribution in [3.8, 4) is 0 Å². The van der Waals surface area contributed by atoms with E-state index >= 15 is 0 Å². The minimum atomic E-state index is -0.644. The fourth-order valence-electron chi connectivity index (χ4n) is 1.43. The Morgan fingerprint density at radius 1 is 1.33 bits per heavy atom. The van der Waals surface area contributed by atoms with Crippen LogP contribution in [0.25, 0.3) is 0 Å². The molecule has 0 spiro atoms. The molecule has 1 aromatic rings. The third-order valence-corrected chi connectivity index (χ3v) is 3.21. The van der Waals surface area contributed by atoms with Crippen LogP contribution in [0.4, 0.5) is 0 Å². The van der Waals surface area contributed by atoms with Gasteiger partial charge in [-0.2, -0.15) is 0 Å². The van der Waals surface area contributed by atoms with Gasteiger partial charge in [0.2, 0.25) is 0 Å². The molecule has 1 N–H and O–H groups in total. The fourth-order valence-corrected chi connectivity index (χ4v) is 1.72. The van der Waals surface area contributed by atoms with E-state index < -0.39 is 12.0 Å². The highest BCUT2D eigenvalue weighted by Gasteiger charge is 2.22. The van der Waals surface area contributed by atoms with Crippen LogP contribution in [-0.2, 0) is 9.53 Å². The van der Waals surface area contributed by atoms with Crippen molar-refractivity contribution in [3.05, 3.63) is 33.8 Å². The first-order valence-corrected chi connectivity index (χ1v) is 5.98. The number of rotatable bonds is 5. The lowest BCUT2D eigenvalue weighted by Crippen LogP contribution is -2.36. The molecule has 6 heteroatoms. The van der Waals surface area contributed by atoms with Crippen LogP contribution in [0, 0.1) is 0 Å². The van der Waals surface area contributed by atoms with Crippen molar-refractivity contribution in [2.75, 3.05) is 14.2 Å². The number of carbonyl (C=O) groups is 2. The van der Waals surface area contributed by atoms with Crippen molar-refractivity contribution in [1.29, 1.82) is 0 Å². The molecule has 0 bridgehead atoms. The minimum absolute atomic E-state index is 0.0356. The molecule has 1 atom stereocenters. The molecule has 0 aromatic heterocycles. The molecule has 0 amide bonds. The van der Waals surface area contributed by atoms with Gasteiger partial charge in [0, 0.05) is 5.56 Å². The summed E-state index contributed by atoms with van der Waals surface area (Å²) in [5, 5.41) is 3.45. The summed E-state index contributed by atoms with van der Waals surface area (Å²) in [5.41, 5.74) is 0.396. The Balaban J connectivity index is 2.89. The molecule has 0 aliphatic carbocycles. The summed E-state index contributed by atoms with van der Waals surface area (Å²) in [6.45, 7) is 0. The van der Waals surface area contributed by atoms with Gasteiger partial charge < -0.3 is 10.1 Å². The van der Waals surface area contributed by atoms with E-state index in [9.17, 15) is 9.59 Å². The molecule has 0 radical (unpaired) electrons. The lowest BCUT2D eigenvalue weighted by Gasteiger charge is -2.14. The van der Waals surface area contributed by atoms with Gasteiger partial charge in [0.05, 0.1) is 29.6 Å². The molecule has 0 aliphatic rings. The predicted octanol–water partition coefficient (Wildman–Crippen LogP) is 2.33. The molecular formula is C12H13Cl2NO3. The van der Waals surface area contributed by atoms with E-state index in [-0.39, 0.29) is 12.2 Å². The highest BCUT2D eigenvalue weighted by Crippen LogP contribution is 2.23. The van der Waals surface area contributed by atoms with Gasteiger partial charge in [-0.05, 0) is 25.2 Å².